The molecule has 0 aliphatic rings. The second-order valence-corrected chi connectivity index (χ2v) is 5.47. The van der Waals surface area contributed by atoms with Crippen molar-refractivity contribution in [2.75, 3.05) is 6.61 Å². The summed E-state index contributed by atoms with van der Waals surface area (Å²) < 4.78 is 1.65. The Morgan fingerprint density at radius 2 is 2.04 bits per heavy atom. The normalized spacial score (nSPS) is 13.3. The number of carbonyl (C=O) groups is 1. The smallest absolute Gasteiger partial charge is 0.315 e. The van der Waals surface area contributed by atoms with Gasteiger partial charge in [-0.1, -0.05) is 31.2 Å². The number of hydrogen-bond acceptors (Lipinski definition) is 4. The highest BCUT2D eigenvalue weighted by molar-refractivity contribution is 5.74. The van der Waals surface area contributed by atoms with Gasteiger partial charge >= 0.3 is 6.03 Å². The summed E-state index contributed by atoms with van der Waals surface area (Å²) >= 11 is 0. The molecule has 0 spiro atoms. The largest absolute Gasteiger partial charge is 0.394 e. The number of hydrogen-bond donors (Lipinski definition) is 3. The molecule has 1 heterocycles. The molecule has 0 bridgehead atoms. The van der Waals surface area contributed by atoms with Gasteiger partial charge in [0.25, 0.3) is 0 Å². The van der Waals surface area contributed by atoms with E-state index in [1.165, 1.54) is 11.9 Å². The predicted molar refractivity (Wildman–Crippen MR) is 86.8 cm³/mol. The van der Waals surface area contributed by atoms with Crippen LogP contribution in [-0.4, -0.2) is 38.6 Å². The Morgan fingerprint density at radius 1 is 1.30 bits per heavy atom. The van der Waals surface area contributed by atoms with Crippen LogP contribution in [0.2, 0.25) is 0 Å². The van der Waals surface area contributed by atoms with Crippen molar-refractivity contribution in [3.63, 3.8) is 0 Å². The van der Waals surface area contributed by atoms with Gasteiger partial charge in [-0.15, -0.1) is 0 Å². The fourth-order valence-electron chi connectivity index (χ4n) is 2.30. The van der Waals surface area contributed by atoms with E-state index in [1.54, 1.807) is 11.0 Å². The fraction of sp³-hybridized carbons (Fsp3) is 0.438. The van der Waals surface area contributed by atoms with Gasteiger partial charge < -0.3 is 15.7 Å². The van der Waals surface area contributed by atoms with Crippen LogP contribution in [0, 0.1) is 0 Å². The molecular formula is C16H23N5O2. The summed E-state index contributed by atoms with van der Waals surface area (Å²) in [5.74, 6) is 0. The minimum atomic E-state index is -0.431. The number of aryl methyl sites for hydroxylation is 1. The van der Waals surface area contributed by atoms with E-state index < -0.39 is 6.04 Å². The molecule has 2 amide bonds. The van der Waals surface area contributed by atoms with Crippen LogP contribution in [0.4, 0.5) is 4.79 Å². The standard InChI is InChI=1S/C16H23N5O2/c1-3-13-4-6-14(7-5-13)15(9-22)20-16(23)19-12(2)8-21-11-17-10-18-21/h4-7,10-12,15,22H,3,8-9H2,1-2H3,(H2,19,20,23). The van der Waals surface area contributed by atoms with E-state index >= 15 is 0 Å². The zero-order valence-corrected chi connectivity index (χ0v) is 13.4. The zero-order chi connectivity index (χ0) is 16.7. The first kappa shape index (κ1) is 17.0. The minimum Gasteiger partial charge on any atom is -0.394 e. The molecule has 2 unspecified atom stereocenters. The predicted octanol–water partition coefficient (Wildman–Crippen LogP) is 1.26. The van der Waals surface area contributed by atoms with Crippen LogP contribution in [0.15, 0.2) is 36.9 Å². The summed E-state index contributed by atoms with van der Waals surface area (Å²) in [6, 6.07) is 7.00. The van der Waals surface area contributed by atoms with Gasteiger partial charge in [0.15, 0.2) is 0 Å². The van der Waals surface area contributed by atoms with Gasteiger partial charge in [-0.25, -0.2) is 9.78 Å². The molecule has 1 aromatic carbocycles. The molecule has 0 aliphatic carbocycles. The molecule has 0 aliphatic heterocycles. The molecule has 0 saturated heterocycles. The first-order valence-electron chi connectivity index (χ1n) is 7.71. The quantitative estimate of drug-likeness (QED) is 0.717. The molecule has 124 valence electrons. The summed E-state index contributed by atoms with van der Waals surface area (Å²) in [7, 11) is 0. The summed E-state index contributed by atoms with van der Waals surface area (Å²) in [6.45, 7) is 4.34. The maximum absolute atomic E-state index is 12.1. The van der Waals surface area contributed by atoms with Crippen molar-refractivity contribution >= 4 is 6.03 Å². The van der Waals surface area contributed by atoms with E-state index in [2.05, 4.69) is 27.6 Å². The maximum atomic E-state index is 12.1. The van der Waals surface area contributed by atoms with Crippen molar-refractivity contribution in [3.05, 3.63) is 48.0 Å². The van der Waals surface area contributed by atoms with Gasteiger partial charge in [0.1, 0.15) is 12.7 Å². The first-order chi connectivity index (χ1) is 11.1. The number of aliphatic hydroxyl groups excluding tert-OH is 1. The van der Waals surface area contributed by atoms with E-state index in [-0.39, 0.29) is 18.7 Å². The van der Waals surface area contributed by atoms with E-state index in [0.29, 0.717) is 6.54 Å². The van der Waals surface area contributed by atoms with Crippen molar-refractivity contribution < 1.29 is 9.90 Å². The van der Waals surface area contributed by atoms with Crippen LogP contribution in [0.25, 0.3) is 0 Å². The molecule has 1 aromatic heterocycles. The topological polar surface area (TPSA) is 92.1 Å². The van der Waals surface area contributed by atoms with Crippen LogP contribution in [0.1, 0.15) is 31.0 Å². The zero-order valence-electron chi connectivity index (χ0n) is 13.4. The van der Waals surface area contributed by atoms with E-state index in [0.717, 1.165) is 12.0 Å². The third-order valence-corrected chi connectivity index (χ3v) is 3.58. The highest BCUT2D eigenvalue weighted by atomic mass is 16.3. The Bertz CT molecular complexity index is 597. The lowest BCUT2D eigenvalue weighted by molar-refractivity contribution is 0.213. The molecule has 2 atom stereocenters. The summed E-state index contributed by atoms with van der Waals surface area (Å²) in [5, 5.41) is 19.1. The van der Waals surface area contributed by atoms with Crippen LogP contribution in [0.3, 0.4) is 0 Å². The molecule has 0 fully saturated rings. The third-order valence-electron chi connectivity index (χ3n) is 3.58. The molecule has 7 heteroatoms. The van der Waals surface area contributed by atoms with Gasteiger partial charge in [-0.05, 0) is 24.5 Å². The van der Waals surface area contributed by atoms with Crippen molar-refractivity contribution in [2.45, 2.75) is 38.9 Å². The first-order valence-corrected chi connectivity index (χ1v) is 7.71. The molecule has 0 saturated carbocycles. The van der Waals surface area contributed by atoms with Crippen molar-refractivity contribution in [3.8, 4) is 0 Å². The van der Waals surface area contributed by atoms with E-state index in [1.807, 2.05) is 31.2 Å². The molecule has 7 nitrogen and oxygen atoms in total. The Balaban J connectivity index is 1.88. The maximum Gasteiger partial charge on any atom is 0.315 e. The fourth-order valence-corrected chi connectivity index (χ4v) is 2.30. The van der Waals surface area contributed by atoms with Crippen LogP contribution in [0.5, 0.6) is 0 Å². The number of aromatic nitrogens is 3. The van der Waals surface area contributed by atoms with Gasteiger partial charge in [0, 0.05) is 6.04 Å². The number of urea groups is 1. The van der Waals surface area contributed by atoms with E-state index in [9.17, 15) is 9.90 Å². The lowest BCUT2D eigenvalue weighted by Crippen LogP contribution is -2.44. The number of amides is 2. The van der Waals surface area contributed by atoms with Crippen LogP contribution in [-0.2, 0) is 13.0 Å². The SMILES string of the molecule is CCc1ccc(C(CO)NC(=O)NC(C)Cn2cncn2)cc1. The molecule has 0 radical (unpaired) electrons. The summed E-state index contributed by atoms with van der Waals surface area (Å²) in [5.41, 5.74) is 2.10. The lowest BCUT2D eigenvalue weighted by Gasteiger charge is -2.20. The second-order valence-electron chi connectivity index (χ2n) is 5.47. The average molecular weight is 317 g/mol. The Labute approximate surface area is 135 Å². The Hall–Kier alpha value is -2.41. The van der Waals surface area contributed by atoms with Crippen LogP contribution < -0.4 is 10.6 Å². The lowest BCUT2D eigenvalue weighted by atomic mass is 10.0. The molecule has 23 heavy (non-hydrogen) atoms. The van der Waals surface area contributed by atoms with Crippen molar-refractivity contribution in [1.82, 2.24) is 25.4 Å². The van der Waals surface area contributed by atoms with Crippen LogP contribution >= 0.6 is 0 Å². The summed E-state index contributed by atoms with van der Waals surface area (Å²) in [6.07, 6.45) is 4.01. The van der Waals surface area contributed by atoms with Gasteiger partial charge in [-0.3, -0.25) is 4.68 Å². The Kier molecular flexibility index (Phi) is 6.10. The van der Waals surface area contributed by atoms with Gasteiger partial charge in [0.2, 0.25) is 0 Å². The molecule has 3 N–H and O–H groups in total. The summed E-state index contributed by atoms with van der Waals surface area (Å²) in [4.78, 5) is 15.9. The highest BCUT2D eigenvalue weighted by Gasteiger charge is 2.15. The molecule has 2 rings (SSSR count). The van der Waals surface area contributed by atoms with Gasteiger partial charge in [-0.2, -0.15) is 5.10 Å². The number of aliphatic hydroxyl groups is 1. The number of nitrogens with zero attached hydrogens (tertiary/aromatic N) is 3. The third kappa shape index (κ3) is 5.07. The second kappa shape index (κ2) is 8.28. The monoisotopic (exact) mass is 317 g/mol. The van der Waals surface area contributed by atoms with Gasteiger partial charge in [0.05, 0.1) is 19.2 Å². The number of nitrogens with one attached hydrogen (secondary N) is 2. The van der Waals surface area contributed by atoms with Crippen molar-refractivity contribution in [2.24, 2.45) is 0 Å². The van der Waals surface area contributed by atoms with E-state index in [4.69, 9.17) is 0 Å². The molecular weight excluding hydrogens is 294 g/mol. The Morgan fingerprint density at radius 3 is 2.61 bits per heavy atom. The number of carbonyl (C=O) groups excluding carboxylic acids is 1. The van der Waals surface area contributed by atoms with Crippen molar-refractivity contribution in [1.29, 1.82) is 0 Å². The highest BCUT2D eigenvalue weighted by Crippen LogP contribution is 2.14. The minimum absolute atomic E-state index is 0.112. The number of rotatable bonds is 7. The average Bonchev–Trinajstić information content (AvgIpc) is 3.05. The molecule has 2 aromatic rings. The number of benzene rings is 1.